The highest BCUT2D eigenvalue weighted by atomic mass is 15.2. The molecule has 0 aromatic heterocycles. The van der Waals surface area contributed by atoms with Gasteiger partial charge in [-0.3, -0.25) is 0 Å². The number of benzene rings is 10. The second-order valence-electron chi connectivity index (χ2n) is 26.4. The molecule has 0 unspecified atom stereocenters. The van der Waals surface area contributed by atoms with Crippen LogP contribution in [0.15, 0.2) is 218 Å². The summed E-state index contributed by atoms with van der Waals surface area (Å²) in [5.41, 5.74) is 29.3. The van der Waals surface area contributed by atoms with E-state index in [0.29, 0.717) is 0 Å². The van der Waals surface area contributed by atoms with Gasteiger partial charge in [0, 0.05) is 56.4 Å². The first-order chi connectivity index (χ1) is 38.3. The van der Waals surface area contributed by atoms with Crippen molar-refractivity contribution < 1.29 is 0 Å². The molecule has 394 valence electrons. The van der Waals surface area contributed by atoms with Gasteiger partial charge in [-0.25, -0.2) is 0 Å². The first kappa shape index (κ1) is 51.1. The summed E-state index contributed by atoms with van der Waals surface area (Å²) < 4.78 is 0. The number of nitrogens with zero attached hydrogens (tertiary/aromatic N) is 3. The van der Waals surface area contributed by atoms with Crippen molar-refractivity contribution in [3.05, 3.63) is 252 Å². The molecule has 0 amide bonds. The predicted octanol–water partition coefficient (Wildman–Crippen LogP) is 19.1. The lowest BCUT2D eigenvalue weighted by Crippen LogP contribution is -2.61. The van der Waals surface area contributed by atoms with Crippen molar-refractivity contribution in [2.24, 2.45) is 0 Å². The number of rotatable bonds is 7. The molecule has 10 aromatic rings. The van der Waals surface area contributed by atoms with Crippen LogP contribution in [0.4, 0.5) is 51.2 Å². The SMILES string of the molecule is Cc1cc2c3c(c1)N(c1ccc(C(C)(C)C)cc1-c1ccccc1)c1cc(N(c4ccccc4)c4ccc(C(C)(C)C)cc4-c4ccccc4)ccc1B3c1ccc(C(C)(C)C)cc1N2c1ccc2c(c1)C(C)(C)c1ccccc1-2. The smallest absolute Gasteiger partial charge is 0.252 e. The number of hydrogen-bond acceptors (Lipinski definition) is 3. The van der Waals surface area contributed by atoms with Crippen LogP contribution in [0.2, 0.25) is 0 Å². The molecule has 0 saturated heterocycles. The number of fused-ring (bicyclic) bond motifs is 7. The Morgan fingerprint density at radius 2 is 0.887 bits per heavy atom. The van der Waals surface area contributed by atoms with Crippen molar-refractivity contribution in [2.45, 2.75) is 105 Å². The van der Waals surface area contributed by atoms with Gasteiger partial charge in [0.2, 0.25) is 0 Å². The normalized spacial score (nSPS) is 14.0. The zero-order valence-corrected chi connectivity index (χ0v) is 48.7. The summed E-state index contributed by atoms with van der Waals surface area (Å²) >= 11 is 0. The lowest BCUT2D eigenvalue weighted by molar-refractivity contribution is 0.590. The molecule has 2 aliphatic heterocycles. The Morgan fingerprint density at radius 3 is 1.54 bits per heavy atom. The third kappa shape index (κ3) is 8.41. The molecule has 3 aliphatic rings. The quantitative estimate of drug-likeness (QED) is 0.147. The van der Waals surface area contributed by atoms with Crippen LogP contribution in [0.3, 0.4) is 0 Å². The molecule has 80 heavy (non-hydrogen) atoms. The minimum atomic E-state index is -0.160. The molecule has 10 aromatic carbocycles. The highest BCUT2D eigenvalue weighted by Gasteiger charge is 2.45. The Labute approximate surface area is 476 Å². The average Bonchev–Trinajstić information content (AvgIpc) is 3.39. The van der Waals surface area contributed by atoms with E-state index in [1.807, 2.05) is 0 Å². The van der Waals surface area contributed by atoms with Crippen molar-refractivity contribution >= 4 is 74.3 Å². The highest BCUT2D eigenvalue weighted by molar-refractivity contribution is 7.00. The van der Waals surface area contributed by atoms with Gasteiger partial charge in [-0.1, -0.05) is 216 Å². The fourth-order valence-electron chi connectivity index (χ4n) is 13.2. The minimum Gasteiger partial charge on any atom is -0.311 e. The largest absolute Gasteiger partial charge is 0.311 e. The first-order valence-electron chi connectivity index (χ1n) is 28.8. The Balaban J connectivity index is 1.11. The van der Waals surface area contributed by atoms with E-state index in [1.54, 1.807) is 0 Å². The van der Waals surface area contributed by atoms with E-state index in [9.17, 15) is 0 Å². The molecule has 1 aliphatic carbocycles. The summed E-state index contributed by atoms with van der Waals surface area (Å²) in [5, 5.41) is 0. The highest BCUT2D eigenvalue weighted by Crippen LogP contribution is 2.54. The summed E-state index contributed by atoms with van der Waals surface area (Å²) in [6.45, 7) is 28.0. The van der Waals surface area contributed by atoms with E-state index in [0.717, 1.165) is 22.7 Å². The molecule has 0 bridgehead atoms. The van der Waals surface area contributed by atoms with Crippen LogP contribution in [0.25, 0.3) is 33.4 Å². The van der Waals surface area contributed by atoms with Crippen molar-refractivity contribution in [3.8, 4) is 33.4 Å². The topological polar surface area (TPSA) is 9.72 Å². The number of para-hydroxylation sites is 1. The van der Waals surface area contributed by atoms with Gasteiger partial charge in [-0.15, -0.1) is 0 Å². The van der Waals surface area contributed by atoms with Crippen LogP contribution >= 0.6 is 0 Å². The monoisotopic (exact) mass is 1040 g/mol. The zero-order chi connectivity index (χ0) is 55.6. The van der Waals surface area contributed by atoms with E-state index in [-0.39, 0.29) is 28.4 Å². The molecule has 0 atom stereocenters. The molecule has 4 heteroatoms. The maximum Gasteiger partial charge on any atom is 0.252 e. The molecule has 0 spiro atoms. The van der Waals surface area contributed by atoms with Gasteiger partial charge in [-0.2, -0.15) is 0 Å². The second kappa shape index (κ2) is 18.6. The lowest BCUT2D eigenvalue weighted by atomic mass is 9.33. The van der Waals surface area contributed by atoms with Crippen LogP contribution in [-0.2, 0) is 21.7 Å². The molecule has 0 N–H and O–H groups in total. The summed E-state index contributed by atoms with van der Waals surface area (Å²) in [7, 11) is 0. The average molecular weight is 1040 g/mol. The Hall–Kier alpha value is -8.34. The second-order valence-corrected chi connectivity index (χ2v) is 26.4. The van der Waals surface area contributed by atoms with E-state index < -0.39 is 0 Å². The fourth-order valence-corrected chi connectivity index (χ4v) is 13.2. The molecule has 0 saturated carbocycles. The van der Waals surface area contributed by atoms with Gasteiger partial charge in [0.05, 0.1) is 11.4 Å². The Bertz CT molecular complexity index is 4060. The Kier molecular flexibility index (Phi) is 11.9. The summed E-state index contributed by atoms with van der Waals surface area (Å²) in [6, 6.07) is 83.3. The van der Waals surface area contributed by atoms with Gasteiger partial charge in [-0.05, 0) is 174 Å². The molecule has 13 rings (SSSR count). The standard InChI is InChI=1S/C76H72BN3/c1-49-42-70-72-71(43-49)80(67-41-34-53(74(5,6)7)45-61(67)51-26-18-14-19-27-51)69-48-57(78(55-28-20-15-21-29-55)66-40-33-52(73(2,3)4)44-60(66)50-24-16-13-17-25-50)36-39-65(69)77(72)64-38-32-54(75(8,9)10)46-68(64)79(70)56-35-37-59-58-30-22-23-31-62(58)76(11,12)63(59)47-56/h13-48H,1-12H3. The van der Waals surface area contributed by atoms with Crippen molar-refractivity contribution in [1.82, 2.24) is 0 Å². The number of aryl methyl sites for hydroxylation is 1. The van der Waals surface area contributed by atoms with Gasteiger partial charge < -0.3 is 14.7 Å². The van der Waals surface area contributed by atoms with E-state index >= 15 is 0 Å². The zero-order valence-electron chi connectivity index (χ0n) is 48.7. The summed E-state index contributed by atoms with van der Waals surface area (Å²) in [4.78, 5) is 7.74. The predicted molar refractivity (Wildman–Crippen MR) is 344 cm³/mol. The third-order valence-electron chi connectivity index (χ3n) is 17.5. The van der Waals surface area contributed by atoms with Gasteiger partial charge in [0.25, 0.3) is 6.71 Å². The maximum atomic E-state index is 2.63. The number of anilines is 9. The molecule has 0 radical (unpaired) electrons. The van der Waals surface area contributed by atoms with Crippen LogP contribution < -0.4 is 31.1 Å². The molecule has 0 fully saturated rings. The molecular formula is C76H72BN3. The van der Waals surface area contributed by atoms with E-state index in [2.05, 4.69) is 316 Å². The summed E-state index contributed by atoms with van der Waals surface area (Å²) in [5.74, 6) is 0. The molecule has 2 heterocycles. The fraction of sp³-hybridized carbons (Fsp3) is 0.211. The van der Waals surface area contributed by atoms with Gasteiger partial charge in [0.15, 0.2) is 0 Å². The lowest BCUT2D eigenvalue weighted by Gasteiger charge is -2.45. The van der Waals surface area contributed by atoms with Crippen molar-refractivity contribution in [3.63, 3.8) is 0 Å². The van der Waals surface area contributed by atoms with Crippen molar-refractivity contribution in [2.75, 3.05) is 14.7 Å². The minimum absolute atomic E-state index is 0.0438. The summed E-state index contributed by atoms with van der Waals surface area (Å²) in [6.07, 6.45) is 0. The van der Waals surface area contributed by atoms with Crippen molar-refractivity contribution in [1.29, 1.82) is 0 Å². The number of hydrogen-bond donors (Lipinski definition) is 0. The van der Waals surface area contributed by atoms with Crippen LogP contribution in [0.1, 0.15) is 110 Å². The molecule has 3 nitrogen and oxygen atoms in total. The van der Waals surface area contributed by atoms with Crippen LogP contribution in [0, 0.1) is 6.92 Å². The van der Waals surface area contributed by atoms with Gasteiger partial charge in [0.1, 0.15) is 0 Å². The maximum absolute atomic E-state index is 2.63. The Morgan fingerprint density at radius 1 is 0.375 bits per heavy atom. The van der Waals surface area contributed by atoms with Gasteiger partial charge >= 0.3 is 0 Å². The van der Waals surface area contributed by atoms with E-state index in [1.165, 1.54) is 112 Å². The van der Waals surface area contributed by atoms with E-state index in [4.69, 9.17) is 0 Å². The van der Waals surface area contributed by atoms with Crippen LogP contribution in [-0.4, -0.2) is 6.71 Å². The molecular weight excluding hydrogens is 966 g/mol. The first-order valence-corrected chi connectivity index (χ1v) is 28.8. The third-order valence-corrected chi connectivity index (χ3v) is 17.5. The van der Waals surface area contributed by atoms with Crippen LogP contribution in [0.5, 0.6) is 0 Å².